The molecule has 0 radical (unpaired) electrons. The summed E-state index contributed by atoms with van der Waals surface area (Å²) in [7, 11) is 0. The van der Waals surface area contributed by atoms with Crippen molar-refractivity contribution in [1.29, 1.82) is 0 Å². The lowest BCUT2D eigenvalue weighted by atomic mass is 10.2. The number of piperazine rings is 1. The van der Waals surface area contributed by atoms with Crippen molar-refractivity contribution in [1.82, 2.24) is 25.0 Å². The minimum atomic E-state index is -0.153. The fraction of sp³-hybridized carbons (Fsp3) is 0.526. The molecule has 1 saturated heterocycles. The average Bonchev–Trinajstić information content (AvgIpc) is 3.21. The third-order valence-corrected chi connectivity index (χ3v) is 4.66. The zero-order chi connectivity index (χ0) is 18.9. The molecule has 28 heavy (non-hydrogen) atoms. The van der Waals surface area contributed by atoms with Gasteiger partial charge in [-0.1, -0.05) is 12.1 Å². The second-order valence-electron chi connectivity index (χ2n) is 6.57. The van der Waals surface area contributed by atoms with Crippen molar-refractivity contribution in [2.24, 2.45) is 4.99 Å². The topological polar surface area (TPSA) is 61.6 Å². The number of guanidine groups is 1. The molecule has 0 saturated carbocycles. The van der Waals surface area contributed by atoms with Gasteiger partial charge in [0.05, 0.1) is 5.69 Å². The van der Waals surface area contributed by atoms with Crippen LogP contribution >= 0.6 is 24.0 Å². The second-order valence-corrected chi connectivity index (χ2v) is 6.57. The second kappa shape index (κ2) is 11.8. The number of unbranched alkanes of at least 4 members (excludes halogenated alkanes) is 1. The van der Waals surface area contributed by atoms with E-state index in [0.29, 0.717) is 5.69 Å². The maximum absolute atomic E-state index is 14.0. The SMILES string of the molecule is CCNC(=NCCCCn1cnnc1)N1CCN(c2ccccc2F)CC1.I. The van der Waals surface area contributed by atoms with Crippen LogP contribution in [0.5, 0.6) is 0 Å². The molecule has 1 fully saturated rings. The molecule has 1 aliphatic heterocycles. The highest BCUT2D eigenvalue weighted by atomic mass is 127. The van der Waals surface area contributed by atoms with Crippen LogP contribution in [0.2, 0.25) is 0 Å². The van der Waals surface area contributed by atoms with Gasteiger partial charge in [0.25, 0.3) is 0 Å². The highest BCUT2D eigenvalue weighted by molar-refractivity contribution is 14.0. The smallest absolute Gasteiger partial charge is 0.194 e. The molecule has 0 atom stereocenters. The molecular weight excluding hydrogens is 472 g/mol. The Morgan fingerprint density at radius 2 is 1.82 bits per heavy atom. The molecule has 0 bridgehead atoms. The van der Waals surface area contributed by atoms with Crippen LogP contribution in [0.3, 0.4) is 0 Å². The molecule has 1 N–H and O–H groups in total. The molecule has 2 aromatic rings. The fourth-order valence-corrected chi connectivity index (χ4v) is 3.22. The van der Waals surface area contributed by atoms with Crippen molar-refractivity contribution in [3.8, 4) is 0 Å². The van der Waals surface area contributed by atoms with Gasteiger partial charge in [0, 0.05) is 45.8 Å². The van der Waals surface area contributed by atoms with Gasteiger partial charge in [-0.25, -0.2) is 4.39 Å². The van der Waals surface area contributed by atoms with Crippen LogP contribution in [-0.4, -0.2) is 64.9 Å². The maximum atomic E-state index is 14.0. The Kier molecular flexibility index (Phi) is 9.45. The third-order valence-electron chi connectivity index (χ3n) is 4.66. The van der Waals surface area contributed by atoms with Crippen molar-refractivity contribution in [2.45, 2.75) is 26.3 Å². The summed E-state index contributed by atoms with van der Waals surface area (Å²) < 4.78 is 16.0. The number of aliphatic imine (C=N–C) groups is 1. The van der Waals surface area contributed by atoms with E-state index in [-0.39, 0.29) is 29.8 Å². The Morgan fingerprint density at radius 1 is 1.11 bits per heavy atom. The largest absolute Gasteiger partial charge is 0.366 e. The fourth-order valence-electron chi connectivity index (χ4n) is 3.22. The van der Waals surface area contributed by atoms with E-state index >= 15 is 0 Å². The number of halogens is 2. The van der Waals surface area contributed by atoms with E-state index in [1.54, 1.807) is 18.7 Å². The molecule has 9 heteroatoms. The number of nitrogens with one attached hydrogen (secondary N) is 1. The number of aryl methyl sites for hydroxylation is 1. The quantitative estimate of drug-likeness (QED) is 0.274. The molecule has 1 aromatic heterocycles. The molecule has 0 aliphatic carbocycles. The van der Waals surface area contributed by atoms with E-state index in [0.717, 1.165) is 64.6 Å². The first-order valence-corrected chi connectivity index (χ1v) is 9.63. The van der Waals surface area contributed by atoms with Crippen LogP contribution in [0.15, 0.2) is 41.9 Å². The van der Waals surface area contributed by atoms with E-state index in [1.165, 1.54) is 6.07 Å². The standard InChI is InChI=1S/C19H28FN7.HI/c1-2-21-19(22-9-5-6-10-25-15-23-24-16-25)27-13-11-26(12-14-27)18-8-4-3-7-17(18)20;/h3-4,7-8,15-16H,2,5-6,9-14H2,1H3,(H,21,22);1H. The van der Waals surface area contributed by atoms with Gasteiger partial charge in [-0.15, -0.1) is 34.2 Å². The van der Waals surface area contributed by atoms with E-state index in [4.69, 9.17) is 4.99 Å². The average molecular weight is 501 g/mol. The van der Waals surface area contributed by atoms with Gasteiger partial charge in [-0.3, -0.25) is 4.99 Å². The molecule has 7 nitrogen and oxygen atoms in total. The van der Waals surface area contributed by atoms with E-state index in [9.17, 15) is 4.39 Å². The normalized spacial score (nSPS) is 14.7. The molecule has 0 unspecified atom stereocenters. The Morgan fingerprint density at radius 3 is 2.50 bits per heavy atom. The Bertz CT molecular complexity index is 715. The Labute approximate surface area is 183 Å². The van der Waals surface area contributed by atoms with Gasteiger partial charge in [-0.05, 0) is 31.9 Å². The number of nitrogens with zero attached hydrogens (tertiary/aromatic N) is 6. The van der Waals surface area contributed by atoms with Crippen molar-refractivity contribution in [3.63, 3.8) is 0 Å². The molecule has 2 heterocycles. The maximum Gasteiger partial charge on any atom is 0.194 e. The van der Waals surface area contributed by atoms with Gasteiger partial charge in [-0.2, -0.15) is 0 Å². The third kappa shape index (κ3) is 6.32. The van der Waals surface area contributed by atoms with Gasteiger partial charge in [0.15, 0.2) is 5.96 Å². The van der Waals surface area contributed by atoms with Crippen LogP contribution in [0.1, 0.15) is 19.8 Å². The minimum Gasteiger partial charge on any atom is -0.366 e. The summed E-state index contributed by atoms with van der Waals surface area (Å²) in [4.78, 5) is 9.14. The molecule has 154 valence electrons. The van der Waals surface area contributed by atoms with Crippen LogP contribution in [0.4, 0.5) is 10.1 Å². The molecule has 1 aliphatic rings. The molecular formula is C19H29FIN7. The Hall–Kier alpha value is -1.91. The first kappa shape index (κ1) is 22.4. The molecule has 0 amide bonds. The lowest BCUT2D eigenvalue weighted by Crippen LogP contribution is -2.52. The monoisotopic (exact) mass is 501 g/mol. The van der Waals surface area contributed by atoms with Crippen LogP contribution < -0.4 is 10.2 Å². The van der Waals surface area contributed by atoms with Crippen molar-refractivity contribution < 1.29 is 4.39 Å². The van der Waals surface area contributed by atoms with E-state index in [2.05, 4.69) is 32.2 Å². The summed E-state index contributed by atoms with van der Waals surface area (Å²) in [6.45, 7) is 7.88. The number of hydrogen-bond acceptors (Lipinski definition) is 4. The van der Waals surface area contributed by atoms with Crippen molar-refractivity contribution >= 4 is 35.6 Å². The van der Waals surface area contributed by atoms with Crippen LogP contribution in [0.25, 0.3) is 0 Å². The molecule has 1 aromatic carbocycles. The predicted octanol–water partition coefficient (Wildman–Crippen LogP) is 2.60. The summed E-state index contributed by atoms with van der Waals surface area (Å²) in [6, 6.07) is 6.98. The van der Waals surface area contributed by atoms with Crippen LogP contribution in [0, 0.1) is 5.82 Å². The molecule has 0 spiro atoms. The first-order valence-electron chi connectivity index (χ1n) is 9.63. The van der Waals surface area contributed by atoms with Gasteiger partial charge in [0.2, 0.25) is 0 Å². The minimum absolute atomic E-state index is 0. The lowest BCUT2D eigenvalue weighted by Gasteiger charge is -2.37. The summed E-state index contributed by atoms with van der Waals surface area (Å²) >= 11 is 0. The summed E-state index contributed by atoms with van der Waals surface area (Å²) in [6.07, 6.45) is 5.54. The number of anilines is 1. The highest BCUT2D eigenvalue weighted by Gasteiger charge is 2.21. The number of para-hydroxylation sites is 1. The van der Waals surface area contributed by atoms with Crippen molar-refractivity contribution in [3.05, 3.63) is 42.7 Å². The number of rotatable bonds is 7. The predicted molar refractivity (Wildman–Crippen MR) is 121 cm³/mol. The molecule has 3 rings (SSSR count). The number of benzene rings is 1. The summed E-state index contributed by atoms with van der Waals surface area (Å²) in [5.41, 5.74) is 0.688. The van der Waals surface area contributed by atoms with Gasteiger partial charge < -0.3 is 19.7 Å². The summed E-state index contributed by atoms with van der Waals surface area (Å²) in [5.74, 6) is 0.801. The van der Waals surface area contributed by atoms with Crippen LogP contribution in [-0.2, 0) is 6.54 Å². The van der Waals surface area contributed by atoms with Crippen molar-refractivity contribution in [2.75, 3.05) is 44.2 Å². The lowest BCUT2D eigenvalue weighted by molar-refractivity contribution is 0.370. The number of hydrogen-bond donors (Lipinski definition) is 1. The highest BCUT2D eigenvalue weighted by Crippen LogP contribution is 2.20. The zero-order valence-corrected chi connectivity index (χ0v) is 18.6. The van der Waals surface area contributed by atoms with Gasteiger partial charge >= 0.3 is 0 Å². The van der Waals surface area contributed by atoms with Gasteiger partial charge in [0.1, 0.15) is 18.5 Å². The first-order chi connectivity index (χ1) is 13.3. The zero-order valence-electron chi connectivity index (χ0n) is 16.3. The number of aromatic nitrogens is 3. The van der Waals surface area contributed by atoms with E-state index < -0.39 is 0 Å². The van der Waals surface area contributed by atoms with E-state index in [1.807, 2.05) is 16.7 Å². The Balaban J connectivity index is 0.00000280. The summed E-state index contributed by atoms with van der Waals surface area (Å²) in [5, 5.41) is 11.0.